The molecule has 5 rings (SSSR count). The number of nitrogens with zero attached hydrogens (tertiary/aromatic N) is 4. The first-order valence-electron chi connectivity index (χ1n) is 9.40. The molecular weight excluding hydrogens is 412 g/mol. The van der Waals surface area contributed by atoms with E-state index in [1.807, 2.05) is 78.9 Å². The number of thiocarbonyl (C=S) groups is 1. The number of amides is 1. The van der Waals surface area contributed by atoms with E-state index in [0.717, 1.165) is 16.2 Å². The molecule has 0 bridgehead atoms. The highest BCUT2D eigenvalue weighted by atomic mass is 32.2. The van der Waals surface area contributed by atoms with E-state index in [2.05, 4.69) is 5.10 Å². The second-order valence-corrected chi connectivity index (χ2v) is 8.03. The van der Waals surface area contributed by atoms with Crippen LogP contribution in [0.2, 0.25) is 0 Å². The molecule has 146 valence electrons. The molecule has 2 aliphatic heterocycles. The molecule has 1 amide bonds. The molecule has 2 heterocycles. The van der Waals surface area contributed by atoms with Gasteiger partial charge < -0.3 is 0 Å². The van der Waals surface area contributed by atoms with Gasteiger partial charge in [0.25, 0.3) is 5.91 Å². The van der Waals surface area contributed by atoms with Crippen molar-refractivity contribution in [3.63, 3.8) is 0 Å². The zero-order chi connectivity index (χ0) is 20.5. The van der Waals surface area contributed by atoms with Crippen LogP contribution in [0.15, 0.2) is 101 Å². The average molecular weight is 429 g/mol. The summed E-state index contributed by atoms with van der Waals surface area (Å²) in [4.78, 5) is 19.8. The van der Waals surface area contributed by atoms with Crippen molar-refractivity contribution in [1.29, 1.82) is 0 Å². The Bertz CT molecular complexity index is 1160. The molecule has 30 heavy (non-hydrogen) atoms. The number of fused-ring (bicyclic) bond motifs is 1. The number of thioether (sulfide) groups is 1. The van der Waals surface area contributed by atoms with Gasteiger partial charge in [0.2, 0.25) is 5.11 Å². The van der Waals surface area contributed by atoms with Crippen LogP contribution >= 0.6 is 24.0 Å². The van der Waals surface area contributed by atoms with E-state index in [1.54, 1.807) is 22.0 Å². The van der Waals surface area contributed by atoms with E-state index >= 15 is 0 Å². The average Bonchev–Trinajstić information content (AvgIpc) is 3.25. The van der Waals surface area contributed by atoms with E-state index in [1.165, 1.54) is 11.8 Å². The zero-order valence-corrected chi connectivity index (χ0v) is 17.4. The lowest BCUT2D eigenvalue weighted by molar-refractivity contribution is 0.0788. The smallest absolute Gasteiger partial charge is 0.262 e. The molecule has 3 aromatic carbocycles. The Hall–Kier alpha value is -3.29. The van der Waals surface area contributed by atoms with Crippen LogP contribution < -0.4 is 0 Å². The van der Waals surface area contributed by atoms with Gasteiger partial charge in [-0.2, -0.15) is 10.1 Å². The summed E-state index contributed by atoms with van der Waals surface area (Å²) in [6.07, 6.45) is -0.546. The molecule has 0 radical (unpaired) electrons. The number of rotatable bonds is 3. The Labute approximate surface area is 183 Å². The van der Waals surface area contributed by atoms with Crippen molar-refractivity contribution < 1.29 is 4.79 Å². The van der Waals surface area contributed by atoms with E-state index in [4.69, 9.17) is 17.2 Å². The molecule has 1 atom stereocenters. The molecule has 0 saturated heterocycles. The summed E-state index contributed by atoms with van der Waals surface area (Å²) in [6.45, 7) is 0. The Morgan fingerprint density at radius 1 is 0.867 bits per heavy atom. The third-order valence-electron chi connectivity index (χ3n) is 4.78. The van der Waals surface area contributed by atoms with Gasteiger partial charge in [-0.25, -0.2) is 4.99 Å². The second-order valence-electron chi connectivity index (χ2n) is 6.70. The van der Waals surface area contributed by atoms with Gasteiger partial charge in [0.05, 0.1) is 0 Å². The van der Waals surface area contributed by atoms with E-state index in [9.17, 15) is 4.79 Å². The van der Waals surface area contributed by atoms with Gasteiger partial charge in [0, 0.05) is 11.1 Å². The van der Waals surface area contributed by atoms with E-state index < -0.39 is 6.17 Å². The fourth-order valence-electron chi connectivity index (χ4n) is 3.32. The number of carbonyl (C=O) groups is 1. The number of aliphatic imine (C=N–C) groups is 1. The first-order valence-corrected chi connectivity index (χ1v) is 10.6. The number of hydrogen-bond donors (Lipinski definition) is 0. The summed E-state index contributed by atoms with van der Waals surface area (Å²) in [5.74, 6) is -0.203. The Morgan fingerprint density at radius 3 is 2.13 bits per heavy atom. The third-order valence-corrected chi connectivity index (χ3v) is 6.12. The van der Waals surface area contributed by atoms with Crippen molar-refractivity contribution in [3.05, 3.63) is 108 Å². The molecule has 0 saturated carbocycles. The van der Waals surface area contributed by atoms with Crippen molar-refractivity contribution in [2.75, 3.05) is 0 Å². The van der Waals surface area contributed by atoms with Crippen LogP contribution in [0.5, 0.6) is 0 Å². The quantitative estimate of drug-likeness (QED) is 0.557. The summed E-state index contributed by atoms with van der Waals surface area (Å²) >= 11 is 7.21. The number of carbonyl (C=O) groups excluding carboxylic acids is 1. The third kappa shape index (κ3) is 3.32. The second kappa shape index (κ2) is 7.85. The van der Waals surface area contributed by atoms with Crippen LogP contribution in [0.3, 0.4) is 0 Å². The standard InChI is InChI=1S/C23H16N4OS2/c28-21(18-14-8-3-9-15-18)26-19(16-10-4-1-5-11-16)24-22-27(23(26)29)25-20(30-22)17-12-6-2-7-13-17/h1-15,19H. The van der Waals surface area contributed by atoms with Gasteiger partial charge in [-0.3, -0.25) is 9.69 Å². The van der Waals surface area contributed by atoms with Gasteiger partial charge >= 0.3 is 0 Å². The summed E-state index contributed by atoms with van der Waals surface area (Å²) in [5.41, 5.74) is 2.43. The minimum Gasteiger partial charge on any atom is -0.269 e. The normalized spacial score (nSPS) is 18.0. The maximum absolute atomic E-state index is 13.4. The molecule has 0 fully saturated rings. The monoisotopic (exact) mass is 428 g/mol. The Morgan fingerprint density at radius 2 is 1.47 bits per heavy atom. The first-order chi connectivity index (χ1) is 14.7. The maximum atomic E-state index is 13.4. The SMILES string of the molecule is O=C(c1ccccc1)N1C(=S)N2N=C(c3ccccc3)SC2=NC1c1ccccc1. The van der Waals surface area contributed by atoms with Crippen LogP contribution in [0, 0.1) is 0 Å². The highest BCUT2D eigenvalue weighted by Crippen LogP contribution is 2.36. The van der Waals surface area contributed by atoms with E-state index in [-0.39, 0.29) is 5.91 Å². The molecule has 0 aliphatic carbocycles. The fraction of sp³-hybridized carbons (Fsp3) is 0.0435. The summed E-state index contributed by atoms with van der Waals surface area (Å²) < 4.78 is 0. The molecule has 1 unspecified atom stereocenters. The van der Waals surface area contributed by atoms with Gasteiger partial charge in [0.1, 0.15) is 5.04 Å². The zero-order valence-electron chi connectivity index (χ0n) is 15.8. The van der Waals surface area contributed by atoms with E-state index in [0.29, 0.717) is 15.8 Å². The largest absolute Gasteiger partial charge is 0.269 e. The van der Waals surface area contributed by atoms with Crippen molar-refractivity contribution in [3.8, 4) is 0 Å². The molecule has 0 spiro atoms. The molecule has 0 aromatic heterocycles. The number of benzene rings is 3. The number of hydrogen-bond acceptors (Lipinski definition) is 5. The lowest BCUT2D eigenvalue weighted by Gasteiger charge is -2.36. The van der Waals surface area contributed by atoms with Crippen LogP contribution in [0.25, 0.3) is 0 Å². The Kier molecular flexibility index (Phi) is 4.90. The van der Waals surface area contributed by atoms with Gasteiger partial charge in [-0.1, -0.05) is 78.9 Å². The predicted molar refractivity (Wildman–Crippen MR) is 124 cm³/mol. The molecule has 3 aromatic rings. The predicted octanol–water partition coefficient (Wildman–Crippen LogP) is 4.89. The van der Waals surface area contributed by atoms with Crippen LogP contribution in [0.4, 0.5) is 0 Å². The van der Waals surface area contributed by atoms with Crippen molar-refractivity contribution in [2.45, 2.75) is 6.17 Å². The van der Waals surface area contributed by atoms with Crippen LogP contribution in [-0.4, -0.2) is 31.1 Å². The fourth-order valence-corrected chi connectivity index (χ4v) is 4.61. The number of amidine groups is 1. The molecule has 2 aliphatic rings. The molecule has 5 nitrogen and oxygen atoms in total. The molecule has 0 N–H and O–H groups in total. The summed E-state index contributed by atoms with van der Waals surface area (Å²) in [6, 6.07) is 28.7. The van der Waals surface area contributed by atoms with Crippen molar-refractivity contribution in [2.24, 2.45) is 10.1 Å². The first kappa shape index (κ1) is 18.7. The maximum Gasteiger partial charge on any atom is 0.262 e. The molecular formula is C23H16N4OS2. The lowest BCUT2D eigenvalue weighted by Crippen LogP contribution is -2.49. The summed E-state index contributed by atoms with van der Waals surface area (Å²) in [7, 11) is 0. The lowest BCUT2D eigenvalue weighted by atomic mass is 10.1. The topological polar surface area (TPSA) is 48.3 Å². The minimum atomic E-state index is -0.546. The van der Waals surface area contributed by atoms with Crippen molar-refractivity contribution in [1.82, 2.24) is 9.91 Å². The van der Waals surface area contributed by atoms with Gasteiger partial charge in [-0.05, 0) is 41.7 Å². The Balaban J connectivity index is 1.58. The highest BCUT2D eigenvalue weighted by Gasteiger charge is 2.41. The summed E-state index contributed by atoms with van der Waals surface area (Å²) in [5, 5.41) is 8.04. The van der Waals surface area contributed by atoms with Crippen LogP contribution in [-0.2, 0) is 0 Å². The molecule has 7 heteroatoms. The van der Waals surface area contributed by atoms with Crippen molar-refractivity contribution >= 4 is 45.2 Å². The van der Waals surface area contributed by atoms with Gasteiger partial charge in [-0.15, -0.1) is 0 Å². The minimum absolute atomic E-state index is 0.203. The van der Waals surface area contributed by atoms with Crippen LogP contribution in [0.1, 0.15) is 27.7 Å². The highest BCUT2D eigenvalue weighted by molar-refractivity contribution is 8.27. The number of hydrazone groups is 1. The van der Waals surface area contributed by atoms with Gasteiger partial charge in [0.15, 0.2) is 11.3 Å².